The number of halogens is 1. The summed E-state index contributed by atoms with van der Waals surface area (Å²) in [6.07, 6.45) is 4.19. The van der Waals surface area contributed by atoms with Crippen molar-refractivity contribution in [1.82, 2.24) is 9.97 Å². The highest BCUT2D eigenvalue weighted by molar-refractivity contribution is 14.1. The first-order valence-corrected chi connectivity index (χ1v) is 12.2. The van der Waals surface area contributed by atoms with Gasteiger partial charge < -0.3 is 20.7 Å². The predicted molar refractivity (Wildman–Crippen MR) is 122 cm³/mol. The van der Waals surface area contributed by atoms with Crippen molar-refractivity contribution in [1.29, 1.82) is 0 Å². The Bertz CT molecular complexity index is 1020. The highest BCUT2D eigenvalue weighted by Crippen LogP contribution is 2.29. The molecule has 1 aliphatic heterocycles. The Morgan fingerprint density at radius 2 is 2.07 bits per heavy atom. The van der Waals surface area contributed by atoms with Gasteiger partial charge in [-0.25, -0.2) is 14.0 Å². The molecule has 4 bridgehead atoms. The largest absolute Gasteiger partial charge is 0.448 e. The Kier molecular flexibility index (Phi) is 7.11. The molecule has 1 atom stereocenters. The maximum Gasteiger partial charge on any atom is 0.442 e. The number of ether oxygens (including phenoxy) is 1. The van der Waals surface area contributed by atoms with Crippen LogP contribution in [0.5, 0.6) is 0 Å². The Labute approximate surface area is 183 Å². The van der Waals surface area contributed by atoms with Gasteiger partial charge in [-0.3, -0.25) is 0 Å². The van der Waals surface area contributed by atoms with Gasteiger partial charge in [0, 0.05) is 31.2 Å². The second-order valence-electron chi connectivity index (χ2n) is 6.38. The summed E-state index contributed by atoms with van der Waals surface area (Å²) in [7, 11) is -2.97. The van der Waals surface area contributed by atoms with Crippen molar-refractivity contribution in [2.75, 3.05) is 41.9 Å². The molecule has 11 heteroatoms. The lowest BCUT2D eigenvalue weighted by Gasteiger charge is -2.15. The summed E-state index contributed by atoms with van der Waals surface area (Å²) in [5.41, 5.74) is 1.38. The standard InChI is InChI=1S/C18H23IN6O3S/c1-3-28-18(26)25-29(2,27)15-7-6-12-10-14(15)20-8-4-5-9-21-16-13(19)11-22-17(23-12)24-16/h6-7,10-11,20H,3-5,8-9H2,1-2H3,(H2,21,22,23,24). The summed E-state index contributed by atoms with van der Waals surface area (Å²) in [6.45, 7) is 3.32. The molecule has 1 aromatic carbocycles. The molecular weight excluding hydrogens is 507 g/mol. The third-order valence-corrected chi connectivity index (χ3v) is 6.57. The molecule has 3 N–H and O–H groups in total. The Hall–Kier alpha value is -2.15. The molecule has 0 fully saturated rings. The minimum absolute atomic E-state index is 0.178. The molecule has 1 aliphatic rings. The molecule has 2 aromatic rings. The average molecular weight is 530 g/mol. The van der Waals surface area contributed by atoms with Crippen molar-refractivity contribution >= 4 is 61.6 Å². The van der Waals surface area contributed by atoms with Crippen LogP contribution in [0.25, 0.3) is 0 Å². The fourth-order valence-corrected chi connectivity index (χ4v) is 4.52. The fraction of sp³-hybridized carbons (Fsp3) is 0.389. The first kappa shape index (κ1) is 21.6. The molecule has 1 amide bonds. The van der Waals surface area contributed by atoms with E-state index >= 15 is 0 Å². The number of amides is 1. The van der Waals surface area contributed by atoms with Gasteiger partial charge in [-0.1, -0.05) is 0 Å². The van der Waals surface area contributed by atoms with Gasteiger partial charge in [0.15, 0.2) is 0 Å². The molecule has 1 aromatic heterocycles. The molecular formula is C18H23IN6O3S. The number of fused-ring (bicyclic) bond motifs is 4. The number of hydrogen-bond donors (Lipinski definition) is 3. The third-order valence-electron chi connectivity index (χ3n) is 4.12. The van der Waals surface area contributed by atoms with Gasteiger partial charge in [0.25, 0.3) is 0 Å². The topological polar surface area (TPSA) is 118 Å². The van der Waals surface area contributed by atoms with Crippen molar-refractivity contribution < 1.29 is 13.7 Å². The number of carbonyl (C=O) groups is 1. The number of nitrogens with zero attached hydrogens (tertiary/aromatic N) is 3. The lowest BCUT2D eigenvalue weighted by atomic mass is 10.2. The van der Waals surface area contributed by atoms with Gasteiger partial charge in [0.05, 0.1) is 30.5 Å². The van der Waals surface area contributed by atoms with E-state index in [2.05, 4.69) is 52.9 Å². The van der Waals surface area contributed by atoms with Crippen LogP contribution in [-0.4, -0.2) is 46.2 Å². The van der Waals surface area contributed by atoms with Gasteiger partial charge in [0.1, 0.15) is 5.82 Å². The highest BCUT2D eigenvalue weighted by Gasteiger charge is 2.16. The number of rotatable bonds is 2. The van der Waals surface area contributed by atoms with E-state index in [-0.39, 0.29) is 6.61 Å². The highest BCUT2D eigenvalue weighted by atomic mass is 127. The van der Waals surface area contributed by atoms with Gasteiger partial charge in [-0.2, -0.15) is 4.98 Å². The van der Waals surface area contributed by atoms with Gasteiger partial charge >= 0.3 is 6.09 Å². The van der Waals surface area contributed by atoms with Gasteiger partial charge in [-0.15, -0.1) is 4.36 Å². The summed E-state index contributed by atoms with van der Waals surface area (Å²) in [4.78, 5) is 21.1. The van der Waals surface area contributed by atoms with E-state index in [1.54, 1.807) is 25.3 Å². The number of hydrogen-bond acceptors (Lipinski definition) is 8. The summed E-state index contributed by atoms with van der Waals surface area (Å²) in [6, 6.07) is 5.28. The average Bonchev–Trinajstić information content (AvgIpc) is 2.67. The van der Waals surface area contributed by atoms with Crippen LogP contribution in [0, 0.1) is 3.57 Å². The van der Waals surface area contributed by atoms with Crippen LogP contribution in [0.1, 0.15) is 19.8 Å². The molecule has 0 saturated carbocycles. The first-order valence-electron chi connectivity index (χ1n) is 9.19. The zero-order valence-electron chi connectivity index (χ0n) is 16.2. The summed E-state index contributed by atoms with van der Waals surface area (Å²) >= 11 is 2.20. The monoisotopic (exact) mass is 530 g/mol. The lowest BCUT2D eigenvalue weighted by molar-refractivity contribution is 0.164. The zero-order chi connectivity index (χ0) is 20.9. The molecule has 3 rings (SSSR count). The number of nitrogens with one attached hydrogen (secondary N) is 3. The third kappa shape index (κ3) is 5.69. The van der Waals surface area contributed by atoms with Crippen LogP contribution in [-0.2, 0) is 14.5 Å². The summed E-state index contributed by atoms with van der Waals surface area (Å²) in [5.74, 6) is 1.25. The van der Waals surface area contributed by atoms with E-state index in [0.29, 0.717) is 23.1 Å². The van der Waals surface area contributed by atoms with E-state index in [0.717, 1.165) is 34.5 Å². The number of aromatic nitrogens is 2. The van der Waals surface area contributed by atoms with Gasteiger partial charge in [-0.05, 0) is 60.6 Å². The van der Waals surface area contributed by atoms with E-state index < -0.39 is 15.8 Å². The molecule has 0 radical (unpaired) electrons. The Morgan fingerprint density at radius 3 is 2.83 bits per heavy atom. The van der Waals surface area contributed by atoms with Crippen molar-refractivity contribution in [3.63, 3.8) is 0 Å². The van der Waals surface area contributed by atoms with E-state index in [1.165, 1.54) is 6.26 Å². The van der Waals surface area contributed by atoms with Crippen LogP contribution in [0.4, 0.5) is 27.9 Å². The van der Waals surface area contributed by atoms with Crippen LogP contribution in [0.2, 0.25) is 0 Å². The van der Waals surface area contributed by atoms with Crippen LogP contribution < -0.4 is 16.0 Å². The van der Waals surface area contributed by atoms with Crippen LogP contribution >= 0.6 is 22.6 Å². The number of benzene rings is 1. The Balaban J connectivity index is 2.00. The summed E-state index contributed by atoms with van der Waals surface area (Å²) in [5, 5.41) is 9.82. The van der Waals surface area contributed by atoms with E-state index in [1.807, 2.05) is 6.07 Å². The molecule has 0 spiro atoms. The van der Waals surface area contributed by atoms with Crippen molar-refractivity contribution in [3.8, 4) is 0 Å². The van der Waals surface area contributed by atoms with E-state index in [9.17, 15) is 9.00 Å². The molecule has 0 aliphatic carbocycles. The second-order valence-corrected chi connectivity index (χ2v) is 9.77. The normalized spacial score (nSPS) is 15.7. The van der Waals surface area contributed by atoms with Gasteiger partial charge in [0.2, 0.25) is 5.95 Å². The maximum atomic E-state index is 13.1. The van der Waals surface area contributed by atoms with Crippen molar-refractivity contribution in [2.24, 2.45) is 4.36 Å². The molecule has 156 valence electrons. The van der Waals surface area contributed by atoms with Crippen LogP contribution in [0.15, 0.2) is 33.7 Å². The first-order chi connectivity index (χ1) is 13.9. The molecule has 0 saturated heterocycles. The minimum atomic E-state index is -2.97. The van der Waals surface area contributed by atoms with Crippen molar-refractivity contribution in [3.05, 3.63) is 28.0 Å². The van der Waals surface area contributed by atoms with Crippen LogP contribution in [0.3, 0.4) is 0 Å². The molecule has 2 heterocycles. The lowest BCUT2D eigenvalue weighted by Crippen LogP contribution is -2.11. The fourth-order valence-electron chi connectivity index (χ4n) is 2.78. The van der Waals surface area contributed by atoms with Crippen molar-refractivity contribution in [2.45, 2.75) is 24.7 Å². The Morgan fingerprint density at radius 1 is 1.31 bits per heavy atom. The predicted octanol–water partition coefficient (Wildman–Crippen LogP) is 4.06. The summed E-state index contributed by atoms with van der Waals surface area (Å²) < 4.78 is 22.7. The smallest absolute Gasteiger partial charge is 0.442 e. The zero-order valence-corrected chi connectivity index (χ0v) is 19.2. The SMILES string of the molecule is CCOC(=O)N=S(C)(=O)c1ccc2cc1NCCCCNc1nc(ncc1I)N2. The second kappa shape index (κ2) is 9.57. The number of carbonyl (C=O) groups excluding carboxylic acids is 1. The minimum Gasteiger partial charge on any atom is -0.448 e. The molecule has 29 heavy (non-hydrogen) atoms. The van der Waals surface area contributed by atoms with E-state index in [4.69, 9.17) is 4.74 Å². The quantitative estimate of drug-likeness (QED) is 0.498. The molecule has 9 nitrogen and oxygen atoms in total. The number of anilines is 4. The molecule has 1 unspecified atom stereocenters. The maximum absolute atomic E-state index is 13.1.